The van der Waals surface area contributed by atoms with Crippen LogP contribution in [0.3, 0.4) is 0 Å². The predicted octanol–water partition coefficient (Wildman–Crippen LogP) is 3.62. The van der Waals surface area contributed by atoms with Crippen molar-refractivity contribution in [3.05, 3.63) is 30.3 Å². The second-order valence-corrected chi connectivity index (χ2v) is 6.49. The molecule has 0 radical (unpaired) electrons. The highest BCUT2D eigenvalue weighted by atomic mass is 16.5. The summed E-state index contributed by atoms with van der Waals surface area (Å²) < 4.78 is 5.87. The summed E-state index contributed by atoms with van der Waals surface area (Å²) >= 11 is 0. The molecule has 1 aromatic carbocycles. The van der Waals surface area contributed by atoms with Crippen molar-refractivity contribution in [1.29, 1.82) is 0 Å². The minimum atomic E-state index is 0.428. The van der Waals surface area contributed by atoms with Gasteiger partial charge in [-0.3, -0.25) is 0 Å². The van der Waals surface area contributed by atoms with Gasteiger partial charge in [-0.1, -0.05) is 25.1 Å². The highest BCUT2D eigenvalue weighted by molar-refractivity contribution is 5.20. The fourth-order valence-corrected chi connectivity index (χ4v) is 2.80. The lowest BCUT2D eigenvalue weighted by Gasteiger charge is -2.30. The third-order valence-corrected chi connectivity index (χ3v) is 4.62. The molecule has 0 aromatic heterocycles. The number of ether oxygens (including phenoxy) is 1. The molecule has 1 atom stereocenters. The van der Waals surface area contributed by atoms with E-state index in [9.17, 15) is 0 Å². The SMILES string of the molecule is CC(CCOc1ccccc1)(CNC1CC1)C1CC1. The zero-order chi connectivity index (χ0) is 13.1. The third kappa shape index (κ3) is 3.73. The molecule has 3 rings (SSSR count). The van der Waals surface area contributed by atoms with Gasteiger partial charge < -0.3 is 10.1 Å². The molecule has 2 aliphatic carbocycles. The van der Waals surface area contributed by atoms with Gasteiger partial charge in [0.2, 0.25) is 0 Å². The van der Waals surface area contributed by atoms with E-state index in [0.717, 1.165) is 30.7 Å². The second kappa shape index (κ2) is 5.54. The Labute approximate surface area is 116 Å². The summed E-state index contributed by atoms with van der Waals surface area (Å²) in [4.78, 5) is 0. The Hall–Kier alpha value is -1.02. The van der Waals surface area contributed by atoms with E-state index in [1.807, 2.05) is 30.3 Å². The maximum atomic E-state index is 5.87. The van der Waals surface area contributed by atoms with E-state index in [1.54, 1.807) is 0 Å². The smallest absolute Gasteiger partial charge is 0.119 e. The van der Waals surface area contributed by atoms with E-state index in [-0.39, 0.29) is 0 Å². The van der Waals surface area contributed by atoms with Gasteiger partial charge in [0, 0.05) is 12.6 Å². The van der Waals surface area contributed by atoms with E-state index in [2.05, 4.69) is 12.2 Å². The number of para-hydroxylation sites is 1. The molecular weight excluding hydrogens is 234 g/mol. The Bertz CT molecular complexity index is 397. The molecule has 0 heterocycles. The van der Waals surface area contributed by atoms with Crippen LogP contribution in [0.4, 0.5) is 0 Å². The fraction of sp³-hybridized carbons (Fsp3) is 0.647. The molecule has 1 aromatic rings. The molecule has 2 fully saturated rings. The van der Waals surface area contributed by atoms with Gasteiger partial charge in [-0.25, -0.2) is 0 Å². The quantitative estimate of drug-likeness (QED) is 0.770. The van der Waals surface area contributed by atoms with Crippen molar-refractivity contribution in [2.24, 2.45) is 11.3 Å². The van der Waals surface area contributed by atoms with Crippen LogP contribution in [0, 0.1) is 11.3 Å². The summed E-state index contributed by atoms with van der Waals surface area (Å²) in [5, 5.41) is 3.71. The summed E-state index contributed by atoms with van der Waals surface area (Å²) in [6.45, 7) is 4.44. The first kappa shape index (κ1) is 13.0. The summed E-state index contributed by atoms with van der Waals surface area (Å²) in [5.74, 6) is 1.91. The minimum absolute atomic E-state index is 0.428. The van der Waals surface area contributed by atoms with Gasteiger partial charge in [0.05, 0.1) is 6.61 Å². The van der Waals surface area contributed by atoms with Crippen LogP contribution in [0.25, 0.3) is 0 Å². The van der Waals surface area contributed by atoms with Crippen molar-refractivity contribution in [2.45, 2.75) is 45.1 Å². The summed E-state index contributed by atoms with van der Waals surface area (Å²) in [5.41, 5.74) is 0.428. The Balaban J connectivity index is 1.47. The van der Waals surface area contributed by atoms with Crippen LogP contribution in [0.1, 0.15) is 39.0 Å². The molecule has 104 valence electrons. The number of rotatable bonds is 8. The highest BCUT2D eigenvalue weighted by Crippen LogP contribution is 2.47. The lowest BCUT2D eigenvalue weighted by Crippen LogP contribution is -2.36. The second-order valence-electron chi connectivity index (χ2n) is 6.49. The molecule has 2 nitrogen and oxygen atoms in total. The molecule has 1 unspecified atom stereocenters. The summed E-state index contributed by atoms with van der Waals surface area (Å²) in [7, 11) is 0. The molecule has 2 saturated carbocycles. The van der Waals surface area contributed by atoms with E-state index in [4.69, 9.17) is 4.74 Å². The number of hydrogen-bond donors (Lipinski definition) is 1. The molecule has 2 heteroatoms. The molecule has 0 spiro atoms. The van der Waals surface area contributed by atoms with Gasteiger partial charge in [-0.15, -0.1) is 0 Å². The van der Waals surface area contributed by atoms with Crippen molar-refractivity contribution in [3.63, 3.8) is 0 Å². The van der Waals surface area contributed by atoms with Gasteiger partial charge in [0.1, 0.15) is 5.75 Å². The molecule has 19 heavy (non-hydrogen) atoms. The van der Waals surface area contributed by atoms with Crippen molar-refractivity contribution < 1.29 is 4.74 Å². The predicted molar refractivity (Wildman–Crippen MR) is 78.4 cm³/mol. The van der Waals surface area contributed by atoms with E-state index in [0.29, 0.717) is 5.41 Å². The van der Waals surface area contributed by atoms with Gasteiger partial charge in [0.15, 0.2) is 0 Å². The normalized spacial score (nSPS) is 21.9. The average Bonchev–Trinajstić information content (AvgIpc) is 3.31. The Kier molecular flexibility index (Phi) is 3.79. The maximum absolute atomic E-state index is 5.87. The van der Waals surface area contributed by atoms with E-state index >= 15 is 0 Å². The van der Waals surface area contributed by atoms with Crippen LogP contribution in [0.15, 0.2) is 30.3 Å². The zero-order valence-corrected chi connectivity index (χ0v) is 11.9. The van der Waals surface area contributed by atoms with Crippen LogP contribution in [0.2, 0.25) is 0 Å². The molecule has 2 aliphatic rings. The lowest BCUT2D eigenvalue weighted by molar-refractivity contribution is 0.179. The van der Waals surface area contributed by atoms with Crippen LogP contribution in [-0.4, -0.2) is 19.2 Å². The molecule has 0 saturated heterocycles. The highest BCUT2D eigenvalue weighted by Gasteiger charge is 2.41. The third-order valence-electron chi connectivity index (χ3n) is 4.62. The topological polar surface area (TPSA) is 21.3 Å². The number of nitrogens with one attached hydrogen (secondary N) is 1. The largest absolute Gasteiger partial charge is 0.494 e. The van der Waals surface area contributed by atoms with Gasteiger partial charge >= 0.3 is 0 Å². The van der Waals surface area contributed by atoms with Crippen molar-refractivity contribution in [3.8, 4) is 5.75 Å². The van der Waals surface area contributed by atoms with Gasteiger partial charge in [0.25, 0.3) is 0 Å². The molecule has 0 amide bonds. The number of hydrogen-bond acceptors (Lipinski definition) is 2. The summed E-state index contributed by atoms with van der Waals surface area (Å²) in [6, 6.07) is 11.0. The lowest BCUT2D eigenvalue weighted by atomic mass is 9.81. The Morgan fingerprint density at radius 3 is 2.53 bits per heavy atom. The molecule has 0 bridgehead atoms. The van der Waals surface area contributed by atoms with Gasteiger partial charge in [-0.2, -0.15) is 0 Å². The van der Waals surface area contributed by atoms with Crippen LogP contribution >= 0.6 is 0 Å². The monoisotopic (exact) mass is 259 g/mol. The molecular formula is C17H25NO. The molecule has 0 aliphatic heterocycles. The first-order chi connectivity index (χ1) is 9.26. The summed E-state index contributed by atoms with van der Waals surface area (Å²) in [6.07, 6.45) is 6.73. The van der Waals surface area contributed by atoms with Crippen LogP contribution < -0.4 is 10.1 Å². The van der Waals surface area contributed by atoms with Crippen molar-refractivity contribution in [1.82, 2.24) is 5.32 Å². The average molecular weight is 259 g/mol. The Morgan fingerprint density at radius 1 is 1.16 bits per heavy atom. The first-order valence-electron chi connectivity index (χ1n) is 7.67. The first-order valence-corrected chi connectivity index (χ1v) is 7.67. The number of benzene rings is 1. The Morgan fingerprint density at radius 2 is 1.89 bits per heavy atom. The molecule has 1 N–H and O–H groups in total. The standard InChI is InChI=1S/C17H25NO/c1-17(14-7-8-14,13-18-15-9-10-15)11-12-19-16-5-3-2-4-6-16/h2-6,14-15,18H,7-13H2,1H3. The van der Waals surface area contributed by atoms with Crippen LogP contribution in [0.5, 0.6) is 5.75 Å². The van der Waals surface area contributed by atoms with Crippen molar-refractivity contribution in [2.75, 3.05) is 13.2 Å². The van der Waals surface area contributed by atoms with Crippen LogP contribution in [-0.2, 0) is 0 Å². The maximum Gasteiger partial charge on any atom is 0.119 e. The zero-order valence-electron chi connectivity index (χ0n) is 11.9. The fourth-order valence-electron chi connectivity index (χ4n) is 2.80. The van der Waals surface area contributed by atoms with E-state index in [1.165, 1.54) is 32.2 Å². The minimum Gasteiger partial charge on any atom is -0.494 e. The van der Waals surface area contributed by atoms with E-state index < -0.39 is 0 Å². The van der Waals surface area contributed by atoms with Crippen molar-refractivity contribution >= 4 is 0 Å². The van der Waals surface area contributed by atoms with Gasteiger partial charge in [-0.05, 0) is 55.6 Å².